The average molecular weight is 242 g/mol. The molecule has 70 valence electrons. The Balaban J connectivity index is 2.39. The lowest BCUT2D eigenvalue weighted by atomic mass is 10.2. The minimum Gasteiger partial charge on any atom is -0.312 e. The molecule has 1 saturated carbocycles. The standard InChI is InChI=1S/C10H12BrNO/c11-9-6-3-7-12(10(9)13)8-4-1-2-5-8/h3,6-8H,1-2,4-5H2. The van der Waals surface area contributed by atoms with Crippen molar-refractivity contribution >= 4 is 15.9 Å². The minimum atomic E-state index is 0.106. The maximum absolute atomic E-state index is 11.7. The van der Waals surface area contributed by atoms with E-state index in [4.69, 9.17) is 0 Å². The van der Waals surface area contributed by atoms with E-state index in [-0.39, 0.29) is 5.56 Å². The van der Waals surface area contributed by atoms with Crippen molar-refractivity contribution < 1.29 is 0 Å². The van der Waals surface area contributed by atoms with Crippen LogP contribution in [0.25, 0.3) is 0 Å². The number of pyridine rings is 1. The van der Waals surface area contributed by atoms with Gasteiger partial charge in [-0.1, -0.05) is 12.8 Å². The molecule has 1 aromatic heterocycles. The zero-order chi connectivity index (χ0) is 9.26. The van der Waals surface area contributed by atoms with Crippen LogP contribution in [0.1, 0.15) is 31.7 Å². The monoisotopic (exact) mass is 241 g/mol. The molecule has 2 nitrogen and oxygen atoms in total. The third-order valence-corrected chi connectivity index (χ3v) is 3.25. The fourth-order valence-corrected chi connectivity index (χ4v) is 2.31. The Morgan fingerprint density at radius 2 is 2.08 bits per heavy atom. The molecule has 1 heterocycles. The van der Waals surface area contributed by atoms with Crippen LogP contribution in [0.2, 0.25) is 0 Å². The van der Waals surface area contributed by atoms with Gasteiger partial charge in [0.05, 0.1) is 4.47 Å². The Kier molecular flexibility index (Phi) is 2.54. The van der Waals surface area contributed by atoms with Gasteiger partial charge in [0, 0.05) is 12.2 Å². The van der Waals surface area contributed by atoms with Crippen LogP contribution in [-0.4, -0.2) is 4.57 Å². The highest BCUT2D eigenvalue weighted by atomic mass is 79.9. The van der Waals surface area contributed by atoms with E-state index in [2.05, 4.69) is 15.9 Å². The Bertz CT molecular complexity index is 352. The molecule has 0 atom stereocenters. The van der Waals surface area contributed by atoms with Gasteiger partial charge in [0.2, 0.25) is 0 Å². The lowest BCUT2D eigenvalue weighted by Gasteiger charge is -2.12. The van der Waals surface area contributed by atoms with E-state index >= 15 is 0 Å². The first-order valence-corrected chi connectivity index (χ1v) is 5.45. The van der Waals surface area contributed by atoms with E-state index in [0.29, 0.717) is 10.5 Å². The fourth-order valence-electron chi connectivity index (χ4n) is 1.95. The minimum absolute atomic E-state index is 0.106. The van der Waals surface area contributed by atoms with Crippen molar-refractivity contribution in [2.24, 2.45) is 0 Å². The molecule has 0 saturated heterocycles. The van der Waals surface area contributed by atoms with Gasteiger partial charge in [-0.25, -0.2) is 0 Å². The van der Waals surface area contributed by atoms with Crippen LogP contribution in [-0.2, 0) is 0 Å². The second kappa shape index (κ2) is 3.66. The van der Waals surface area contributed by atoms with Gasteiger partial charge in [-0.3, -0.25) is 4.79 Å². The van der Waals surface area contributed by atoms with Gasteiger partial charge >= 0.3 is 0 Å². The third kappa shape index (κ3) is 1.70. The summed E-state index contributed by atoms with van der Waals surface area (Å²) in [4.78, 5) is 11.7. The predicted molar refractivity (Wildman–Crippen MR) is 55.9 cm³/mol. The summed E-state index contributed by atoms with van der Waals surface area (Å²) in [7, 11) is 0. The molecule has 13 heavy (non-hydrogen) atoms. The molecule has 0 amide bonds. The predicted octanol–water partition coefficient (Wildman–Crippen LogP) is 2.73. The van der Waals surface area contributed by atoms with E-state index in [1.807, 2.05) is 16.8 Å². The number of nitrogens with zero attached hydrogens (tertiary/aromatic N) is 1. The molecule has 0 aromatic carbocycles. The number of halogens is 1. The van der Waals surface area contributed by atoms with E-state index < -0.39 is 0 Å². The molecule has 1 aliphatic rings. The highest BCUT2D eigenvalue weighted by Crippen LogP contribution is 2.28. The van der Waals surface area contributed by atoms with Gasteiger partial charge in [0.15, 0.2) is 0 Å². The molecule has 1 aliphatic carbocycles. The summed E-state index contributed by atoms with van der Waals surface area (Å²) in [6, 6.07) is 4.16. The summed E-state index contributed by atoms with van der Waals surface area (Å²) in [6.07, 6.45) is 6.70. The Hall–Kier alpha value is -0.570. The van der Waals surface area contributed by atoms with E-state index in [1.54, 1.807) is 6.07 Å². The summed E-state index contributed by atoms with van der Waals surface area (Å²) in [5.74, 6) is 0. The Morgan fingerprint density at radius 1 is 1.38 bits per heavy atom. The van der Waals surface area contributed by atoms with Crippen LogP contribution < -0.4 is 5.56 Å². The van der Waals surface area contributed by atoms with Crippen LogP contribution in [0.3, 0.4) is 0 Å². The van der Waals surface area contributed by atoms with Crippen LogP contribution in [0.4, 0.5) is 0 Å². The summed E-state index contributed by atoms with van der Waals surface area (Å²) < 4.78 is 2.53. The molecule has 0 N–H and O–H groups in total. The topological polar surface area (TPSA) is 22.0 Å². The van der Waals surface area contributed by atoms with E-state index in [0.717, 1.165) is 12.8 Å². The zero-order valence-electron chi connectivity index (χ0n) is 7.37. The summed E-state index contributed by atoms with van der Waals surface area (Å²) in [6.45, 7) is 0. The number of hydrogen-bond donors (Lipinski definition) is 0. The molecule has 0 aliphatic heterocycles. The van der Waals surface area contributed by atoms with Crippen molar-refractivity contribution in [3.05, 3.63) is 33.2 Å². The molecular weight excluding hydrogens is 230 g/mol. The maximum atomic E-state index is 11.7. The van der Waals surface area contributed by atoms with Crippen molar-refractivity contribution in [2.75, 3.05) is 0 Å². The maximum Gasteiger partial charge on any atom is 0.265 e. The quantitative estimate of drug-likeness (QED) is 0.742. The first kappa shape index (κ1) is 9.00. The third-order valence-electron chi connectivity index (χ3n) is 2.65. The van der Waals surface area contributed by atoms with Gasteiger partial charge in [-0.15, -0.1) is 0 Å². The van der Waals surface area contributed by atoms with Gasteiger partial charge in [-0.05, 0) is 40.9 Å². The van der Waals surface area contributed by atoms with Crippen molar-refractivity contribution in [2.45, 2.75) is 31.7 Å². The normalized spacial score (nSPS) is 17.9. The molecular formula is C10H12BrNO. The molecule has 3 heteroatoms. The second-order valence-corrected chi connectivity index (χ2v) is 4.36. The molecule has 0 unspecified atom stereocenters. The lowest BCUT2D eigenvalue weighted by Crippen LogP contribution is -2.22. The number of rotatable bonds is 1. The molecule has 0 radical (unpaired) electrons. The summed E-state index contributed by atoms with van der Waals surface area (Å²) >= 11 is 3.26. The summed E-state index contributed by atoms with van der Waals surface area (Å²) in [5, 5.41) is 0. The van der Waals surface area contributed by atoms with Gasteiger partial charge in [0.1, 0.15) is 0 Å². The fraction of sp³-hybridized carbons (Fsp3) is 0.500. The highest BCUT2D eigenvalue weighted by molar-refractivity contribution is 9.10. The largest absolute Gasteiger partial charge is 0.312 e. The SMILES string of the molecule is O=c1c(Br)cccn1C1CCCC1. The van der Waals surface area contributed by atoms with E-state index in [1.165, 1.54) is 12.8 Å². The van der Waals surface area contributed by atoms with Crippen LogP contribution in [0.5, 0.6) is 0 Å². The smallest absolute Gasteiger partial charge is 0.265 e. The molecule has 1 aromatic rings. The Morgan fingerprint density at radius 3 is 2.77 bits per heavy atom. The van der Waals surface area contributed by atoms with Crippen molar-refractivity contribution in [3.8, 4) is 0 Å². The van der Waals surface area contributed by atoms with Gasteiger partial charge in [0.25, 0.3) is 5.56 Å². The van der Waals surface area contributed by atoms with Gasteiger partial charge < -0.3 is 4.57 Å². The zero-order valence-corrected chi connectivity index (χ0v) is 8.96. The van der Waals surface area contributed by atoms with Crippen molar-refractivity contribution in [1.29, 1.82) is 0 Å². The molecule has 0 bridgehead atoms. The van der Waals surface area contributed by atoms with Crippen molar-refractivity contribution in [3.63, 3.8) is 0 Å². The first-order chi connectivity index (χ1) is 6.29. The lowest BCUT2D eigenvalue weighted by molar-refractivity contribution is 0.501. The van der Waals surface area contributed by atoms with E-state index in [9.17, 15) is 4.79 Å². The van der Waals surface area contributed by atoms with Crippen molar-refractivity contribution in [1.82, 2.24) is 4.57 Å². The molecule has 0 spiro atoms. The van der Waals surface area contributed by atoms with Crippen LogP contribution >= 0.6 is 15.9 Å². The average Bonchev–Trinajstić information content (AvgIpc) is 2.62. The number of aromatic nitrogens is 1. The Labute approximate surface area is 85.7 Å². The van der Waals surface area contributed by atoms with Gasteiger partial charge in [-0.2, -0.15) is 0 Å². The van der Waals surface area contributed by atoms with Crippen LogP contribution in [0.15, 0.2) is 27.6 Å². The molecule has 2 rings (SSSR count). The first-order valence-electron chi connectivity index (χ1n) is 4.65. The number of hydrogen-bond acceptors (Lipinski definition) is 1. The summed E-state index contributed by atoms with van der Waals surface area (Å²) in [5.41, 5.74) is 0.106. The second-order valence-electron chi connectivity index (χ2n) is 3.51. The molecule has 1 fully saturated rings. The highest BCUT2D eigenvalue weighted by Gasteiger charge is 2.17. The van der Waals surface area contributed by atoms with Crippen LogP contribution in [0, 0.1) is 0 Å².